The van der Waals surface area contributed by atoms with Crippen molar-refractivity contribution in [1.29, 1.82) is 0 Å². The van der Waals surface area contributed by atoms with Crippen LogP contribution in [0.15, 0.2) is 52.0 Å². The van der Waals surface area contributed by atoms with Gasteiger partial charge in [-0.15, -0.1) is 0 Å². The molecule has 1 aromatic heterocycles. The van der Waals surface area contributed by atoms with Crippen molar-refractivity contribution in [1.82, 2.24) is 0 Å². The number of carboxylic acids is 1. The number of para-hydroxylation sites is 1. The van der Waals surface area contributed by atoms with E-state index in [1.807, 2.05) is 30.3 Å². The van der Waals surface area contributed by atoms with Crippen molar-refractivity contribution in [2.75, 3.05) is 11.1 Å². The van der Waals surface area contributed by atoms with Crippen molar-refractivity contribution in [2.24, 2.45) is 0 Å². The maximum atomic E-state index is 11.7. The number of nitrogens with one attached hydrogen (secondary N) is 1. The predicted octanol–water partition coefficient (Wildman–Crippen LogP) is 3.10. The lowest BCUT2D eigenvalue weighted by Gasteiger charge is -2.03. The highest BCUT2D eigenvalue weighted by Crippen LogP contribution is 2.21. The Bertz CT molecular complexity index is 594. The van der Waals surface area contributed by atoms with Crippen molar-refractivity contribution >= 4 is 29.3 Å². The fourth-order valence-electron chi connectivity index (χ4n) is 1.50. The molecular formula is C14H13NO4S. The van der Waals surface area contributed by atoms with E-state index in [9.17, 15) is 9.59 Å². The molecule has 0 fully saturated rings. The molecule has 5 nitrogen and oxygen atoms in total. The topological polar surface area (TPSA) is 79.5 Å². The number of rotatable bonds is 6. The molecule has 20 heavy (non-hydrogen) atoms. The largest absolute Gasteiger partial charge is 0.475 e. The summed E-state index contributed by atoms with van der Waals surface area (Å²) < 4.78 is 5.08. The van der Waals surface area contributed by atoms with E-state index in [0.717, 1.165) is 5.69 Å². The molecule has 0 unspecified atom stereocenters. The molecule has 0 saturated carbocycles. The van der Waals surface area contributed by atoms with Crippen molar-refractivity contribution in [3.63, 3.8) is 0 Å². The van der Waals surface area contributed by atoms with E-state index in [0.29, 0.717) is 17.3 Å². The second-order valence-electron chi connectivity index (χ2n) is 3.94. The summed E-state index contributed by atoms with van der Waals surface area (Å²) in [5.74, 6) is -0.765. The molecule has 0 saturated heterocycles. The summed E-state index contributed by atoms with van der Waals surface area (Å²) in [5, 5.41) is 12.0. The van der Waals surface area contributed by atoms with Gasteiger partial charge in [0.15, 0.2) is 5.09 Å². The SMILES string of the molecule is O=C(CCSc1ccc(C(=O)O)o1)Nc1ccccc1. The van der Waals surface area contributed by atoms with Crippen molar-refractivity contribution in [3.05, 3.63) is 48.2 Å². The van der Waals surface area contributed by atoms with E-state index in [4.69, 9.17) is 9.52 Å². The Morgan fingerprint density at radius 2 is 1.90 bits per heavy atom. The Balaban J connectivity index is 1.75. The molecule has 104 valence electrons. The minimum atomic E-state index is -1.10. The van der Waals surface area contributed by atoms with Crippen LogP contribution in [-0.2, 0) is 4.79 Å². The minimum Gasteiger partial charge on any atom is -0.475 e. The average molecular weight is 291 g/mol. The maximum absolute atomic E-state index is 11.7. The van der Waals surface area contributed by atoms with E-state index in [1.54, 1.807) is 6.07 Å². The summed E-state index contributed by atoms with van der Waals surface area (Å²) >= 11 is 1.31. The highest BCUT2D eigenvalue weighted by Gasteiger charge is 2.09. The second kappa shape index (κ2) is 6.81. The van der Waals surface area contributed by atoms with Gasteiger partial charge in [0.25, 0.3) is 0 Å². The van der Waals surface area contributed by atoms with Crippen molar-refractivity contribution in [2.45, 2.75) is 11.5 Å². The molecule has 0 bridgehead atoms. The van der Waals surface area contributed by atoms with Crippen LogP contribution in [0.4, 0.5) is 5.69 Å². The van der Waals surface area contributed by atoms with Gasteiger partial charge >= 0.3 is 5.97 Å². The summed E-state index contributed by atoms with van der Waals surface area (Å²) in [6.45, 7) is 0. The van der Waals surface area contributed by atoms with Crippen molar-refractivity contribution < 1.29 is 19.1 Å². The second-order valence-corrected chi connectivity index (χ2v) is 5.04. The molecule has 0 radical (unpaired) electrons. The maximum Gasteiger partial charge on any atom is 0.371 e. The molecule has 1 aromatic carbocycles. The molecule has 6 heteroatoms. The van der Waals surface area contributed by atoms with Gasteiger partial charge in [0.05, 0.1) is 0 Å². The van der Waals surface area contributed by atoms with Crippen LogP contribution in [0.25, 0.3) is 0 Å². The lowest BCUT2D eigenvalue weighted by Crippen LogP contribution is -2.11. The number of amides is 1. The molecule has 0 spiro atoms. The molecule has 0 aliphatic carbocycles. The first-order valence-corrected chi connectivity index (χ1v) is 6.94. The number of carboxylic acid groups (broad SMARTS) is 1. The van der Waals surface area contributed by atoms with Crippen LogP contribution < -0.4 is 5.32 Å². The lowest BCUT2D eigenvalue weighted by molar-refractivity contribution is -0.115. The number of benzene rings is 1. The molecule has 2 aromatic rings. The van der Waals surface area contributed by atoms with Gasteiger partial charge in [-0.2, -0.15) is 0 Å². The van der Waals surface area contributed by atoms with Crippen LogP contribution in [0.2, 0.25) is 0 Å². The smallest absolute Gasteiger partial charge is 0.371 e. The van der Waals surface area contributed by atoms with E-state index < -0.39 is 5.97 Å². The van der Waals surface area contributed by atoms with Gasteiger partial charge in [-0.1, -0.05) is 30.0 Å². The number of hydrogen-bond acceptors (Lipinski definition) is 4. The molecule has 0 aliphatic heterocycles. The third-order valence-electron chi connectivity index (χ3n) is 2.42. The summed E-state index contributed by atoms with van der Waals surface area (Å²) in [6, 6.07) is 12.2. The lowest BCUT2D eigenvalue weighted by atomic mass is 10.3. The Kier molecular flexibility index (Phi) is 4.84. The number of carbonyl (C=O) groups is 2. The predicted molar refractivity (Wildman–Crippen MR) is 76.1 cm³/mol. The monoisotopic (exact) mass is 291 g/mol. The Morgan fingerprint density at radius 3 is 2.55 bits per heavy atom. The molecule has 2 N–H and O–H groups in total. The molecule has 1 amide bonds. The molecular weight excluding hydrogens is 278 g/mol. The highest BCUT2D eigenvalue weighted by molar-refractivity contribution is 7.99. The quantitative estimate of drug-likeness (QED) is 0.799. The number of aromatic carboxylic acids is 1. The molecule has 2 rings (SSSR count). The summed E-state index contributed by atoms with van der Waals surface area (Å²) in [5.41, 5.74) is 0.758. The van der Waals surface area contributed by atoms with Gasteiger partial charge in [-0.25, -0.2) is 4.79 Å². The van der Waals surface area contributed by atoms with Crippen LogP contribution in [0.3, 0.4) is 0 Å². The van der Waals surface area contributed by atoms with Gasteiger partial charge in [0.1, 0.15) is 0 Å². The van der Waals surface area contributed by atoms with Crippen LogP contribution in [0.1, 0.15) is 17.0 Å². The van der Waals surface area contributed by atoms with E-state index >= 15 is 0 Å². The first-order valence-electron chi connectivity index (χ1n) is 5.96. The summed E-state index contributed by atoms with van der Waals surface area (Å²) in [6.07, 6.45) is 0.322. The number of furan rings is 1. The third-order valence-corrected chi connectivity index (χ3v) is 3.34. The summed E-state index contributed by atoms with van der Waals surface area (Å²) in [7, 11) is 0. The number of hydrogen-bond donors (Lipinski definition) is 2. The van der Waals surface area contributed by atoms with E-state index in [-0.39, 0.29) is 11.7 Å². The molecule has 1 heterocycles. The Morgan fingerprint density at radius 1 is 1.15 bits per heavy atom. The average Bonchev–Trinajstić information content (AvgIpc) is 2.89. The standard InChI is InChI=1S/C14H13NO4S/c16-12(15-10-4-2-1-3-5-10)8-9-20-13-7-6-11(19-13)14(17)18/h1-7H,8-9H2,(H,15,16)(H,17,18). The zero-order chi connectivity index (χ0) is 14.4. The van der Waals surface area contributed by atoms with Crippen molar-refractivity contribution in [3.8, 4) is 0 Å². The van der Waals surface area contributed by atoms with Gasteiger partial charge in [0, 0.05) is 17.9 Å². The number of thioether (sulfide) groups is 1. The van der Waals surface area contributed by atoms with Crippen LogP contribution in [0, 0.1) is 0 Å². The van der Waals surface area contributed by atoms with Gasteiger partial charge in [0.2, 0.25) is 11.7 Å². The van der Waals surface area contributed by atoms with Crippen LogP contribution in [-0.4, -0.2) is 22.7 Å². The number of carbonyl (C=O) groups excluding carboxylic acids is 1. The molecule has 0 aliphatic rings. The normalized spacial score (nSPS) is 10.2. The van der Waals surface area contributed by atoms with Crippen LogP contribution in [0.5, 0.6) is 0 Å². The fourth-order valence-corrected chi connectivity index (χ4v) is 2.30. The molecule has 0 atom stereocenters. The van der Waals surface area contributed by atoms with E-state index in [1.165, 1.54) is 17.8 Å². The Hall–Kier alpha value is -2.21. The summed E-state index contributed by atoms with van der Waals surface area (Å²) in [4.78, 5) is 22.3. The Labute approximate surface area is 120 Å². The first-order chi connectivity index (χ1) is 9.65. The van der Waals surface area contributed by atoms with Gasteiger partial charge < -0.3 is 14.8 Å². The highest BCUT2D eigenvalue weighted by atomic mass is 32.2. The fraction of sp³-hybridized carbons (Fsp3) is 0.143. The van der Waals surface area contributed by atoms with E-state index in [2.05, 4.69) is 5.32 Å². The third kappa shape index (κ3) is 4.17. The number of anilines is 1. The zero-order valence-electron chi connectivity index (χ0n) is 10.5. The zero-order valence-corrected chi connectivity index (χ0v) is 11.4. The van der Waals surface area contributed by atoms with Gasteiger partial charge in [-0.3, -0.25) is 4.79 Å². The minimum absolute atomic E-state index is 0.0892. The first kappa shape index (κ1) is 14.2. The van der Waals surface area contributed by atoms with Gasteiger partial charge in [-0.05, 0) is 24.3 Å². The van der Waals surface area contributed by atoms with Crippen LogP contribution >= 0.6 is 11.8 Å².